The Kier molecular flexibility index (Phi) is 1.96. The molecule has 1 atom stereocenters. The van der Waals surface area contributed by atoms with E-state index in [0.717, 1.165) is 5.06 Å². The summed E-state index contributed by atoms with van der Waals surface area (Å²) in [5.74, 6) is 0. The maximum Gasteiger partial charge on any atom is 0.109 e. The predicted molar refractivity (Wildman–Crippen MR) is 37.8 cm³/mol. The monoisotopic (exact) mass is 145 g/mol. The fourth-order valence-electron chi connectivity index (χ4n) is 0.991. The first-order valence-electron chi connectivity index (χ1n) is 3.34. The smallest absolute Gasteiger partial charge is 0.109 e. The lowest BCUT2D eigenvalue weighted by molar-refractivity contribution is -0.101. The highest BCUT2D eigenvalue weighted by Crippen LogP contribution is 2.23. The van der Waals surface area contributed by atoms with Crippen LogP contribution in [0.2, 0.25) is 0 Å². The van der Waals surface area contributed by atoms with Crippen molar-refractivity contribution in [3.63, 3.8) is 0 Å². The Balaban J connectivity index is 2.55. The van der Waals surface area contributed by atoms with Gasteiger partial charge in [-0.15, -0.1) is 0 Å². The second-order valence-corrected chi connectivity index (χ2v) is 3.23. The first-order chi connectivity index (χ1) is 4.52. The zero-order chi connectivity index (χ0) is 7.78. The lowest BCUT2D eigenvalue weighted by Crippen LogP contribution is -2.51. The van der Waals surface area contributed by atoms with Crippen molar-refractivity contribution in [3.05, 3.63) is 5.21 Å². The van der Waals surface area contributed by atoms with Crippen LogP contribution in [0.1, 0.15) is 20.3 Å². The Hall–Kier alpha value is -0.160. The third-order valence-corrected chi connectivity index (χ3v) is 1.78. The van der Waals surface area contributed by atoms with Gasteiger partial charge in [0.2, 0.25) is 0 Å². The van der Waals surface area contributed by atoms with Gasteiger partial charge in [0.15, 0.2) is 0 Å². The Bertz CT molecular complexity index is 127. The Labute approximate surface area is 60.5 Å². The van der Waals surface area contributed by atoms with Crippen LogP contribution >= 0.6 is 0 Å². The average molecular weight is 145 g/mol. The van der Waals surface area contributed by atoms with E-state index in [4.69, 9.17) is 10.5 Å². The molecule has 0 aromatic rings. The summed E-state index contributed by atoms with van der Waals surface area (Å²) in [6, 6.07) is 0. The van der Waals surface area contributed by atoms with Crippen LogP contribution in [0.25, 0.3) is 0 Å². The van der Waals surface area contributed by atoms with Crippen molar-refractivity contribution < 1.29 is 4.74 Å². The Morgan fingerprint density at radius 1 is 1.70 bits per heavy atom. The van der Waals surface area contributed by atoms with Crippen LogP contribution in [0, 0.1) is 5.21 Å². The molecule has 1 saturated heterocycles. The summed E-state index contributed by atoms with van der Waals surface area (Å²) in [5.41, 5.74) is 5.12. The fraction of sp³-hybridized carbons (Fsp3) is 1.00. The van der Waals surface area contributed by atoms with Crippen molar-refractivity contribution in [1.29, 1.82) is 0 Å². The minimum atomic E-state index is -0.363. The van der Waals surface area contributed by atoms with E-state index in [-0.39, 0.29) is 18.5 Å². The van der Waals surface area contributed by atoms with Crippen molar-refractivity contribution in [1.82, 2.24) is 5.06 Å². The van der Waals surface area contributed by atoms with Gasteiger partial charge in [-0.05, 0) is 13.8 Å². The normalized spacial score (nSPS) is 34.2. The molecule has 1 heterocycles. The van der Waals surface area contributed by atoms with E-state index in [1.165, 1.54) is 0 Å². The lowest BCUT2D eigenvalue weighted by atomic mass is 9.99. The van der Waals surface area contributed by atoms with Crippen LogP contribution in [0.3, 0.4) is 0 Å². The number of ether oxygens (including phenoxy) is 1. The fourth-order valence-corrected chi connectivity index (χ4v) is 0.991. The van der Waals surface area contributed by atoms with E-state index in [9.17, 15) is 5.21 Å². The molecule has 1 aliphatic heterocycles. The van der Waals surface area contributed by atoms with Crippen molar-refractivity contribution in [3.8, 4) is 0 Å². The molecule has 1 rings (SSSR count). The lowest BCUT2D eigenvalue weighted by Gasteiger charge is -2.48. The van der Waals surface area contributed by atoms with Crippen molar-refractivity contribution in [2.45, 2.75) is 32.0 Å². The van der Waals surface area contributed by atoms with Gasteiger partial charge in [0, 0.05) is 12.0 Å². The maximum absolute atomic E-state index is 11.0. The van der Waals surface area contributed by atoms with Crippen LogP contribution < -0.4 is 5.73 Å². The first kappa shape index (κ1) is 7.94. The summed E-state index contributed by atoms with van der Waals surface area (Å²) < 4.78 is 4.92. The molecule has 1 unspecified atom stereocenters. The highest BCUT2D eigenvalue weighted by atomic mass is 16.6. The summed E-state index contributed by atoms with van der Waals surface area (Å²) in [6.07, 6.45) is 0.316. The van der Waals surface area contributed by atoms with Crippen molar-refractivity contribution in [2.75, 3.05) is 6.73 Å². The summed E-state index contributed by atoms with van der Waals surface area (Å²) in [5, 5.41) is 11.9. The minimum absolute atomic E-state index is 0.0914. The zero-order valence-corrected chi connectivity index (χ0v) is 6.33. The molecule has 0 aliphatic carbocycles. The van der Waals surface area contributed by atoms with Crippen LogP contribution in [0.4, 0.5) is 0 Å². The molecule has 0 spiro atoms. The van der Waals surface area contributed by atoms with Crippen molar-refractivity contribution in [2.24, 2.45) is 5.73 Å². The van der Waals surface area contributed by atoms with E-state index < -0.39 is 0 Å². The predicted octanol–water partition coefficient (Wildman–Crippen LogP) is 0.227. The molecule has 2 N–H and O–H groups in total. The third kappa shape index (κ3) is 1.46. The van der Waals surface area contributed by atoms with Gasteiger partial charge >= 0.3 is 0 Å². The number of nitrogens with zero attached hydrogens (tertiary/aromatic N) is 1. The molecule has 4 nitrogen and oxygen atoms in total. The van der Waals surface area contributed by atoms with Gasteiger partial charge in [-0.3, -0.25) is 0 Å². The highest BCUT2D eigenvalue weighted by molar-refractivity contribution is 4.85. The van der Waals surface area contributed by atoms with Gasteiger partial charge in [0.05, 0.1) is 6.73 Å². The zero-order valence-electron chi connectivity index (χ0n) is 6.33. The summed E-state index contributed by atoms with van der Waals surface area (Å²) in [7, 11) is 0. The van der Waals surface area contributed by atoms with E-state index in [0.29, 0.717) is 6.42 Å². The van der Waals surface area contributed by atoms with Crippen LogP contribution in [0.5, 0.6) is 0 Å². The molecule has 0 amide bonds. The van der Waals surface area contributed by atoms with Gasteiger partial charge in [-0.25, -0.2) is 0 Å². The molecule has 10 heavy (non-hydrogen) atoms. The SMILES string of the molecule is CC1(C)CC(N)OCN1[O-]. The maximum atomic E-state index is 11.0. The molecular formula is C6H13N2O2-. The molecule has 0 radical (unpaired) electrons. The Morgan fingerprint density at radius 2 is 2.30 bits per heavy atom. The van der Waals surface area contributed by atoms with Crippen LogP contribution in [-0.2, 0) is 4.74 Å². The van der Waals surface area contributed by atoms with Gasteiger partial charge in [0.1, 0.15) is 6.23 Å². The summed E-state index contributed by atoms with van der Waals surface area (Å²) in [6.45, 7) is 3.82. The third-order valence-electron chi connectivity index (χ3n) is 1.78. The molecule has 0 bridgehead atoms. The number of hydrogen-bond acceptors (Lipinski definition) is 4. The van der Waals surface area contributed by atoms with E-state index >= 15 is 0 Å². The average Bonchev–Trinajstić information content (AvgIpc) is 1.78. The molecule has 0 aromatic heterocycles. The van der Waals surface area contributed by atoms with E-state index in [1.54, 1.807) is 0 Å². The molecule has 60 valence electrons. The van der Waals surface area contributed by atoms with Gasteiger partial charge < -0.3 is 20.7 Å². The molecular weight excluding hydrogens is 132 g/mol. The second-order valence-electron chi connectivity index (χ2n) is 3.23. The molecule has 4 heteroatoms. The number of nitrogens with two attached hydrogens (primary N) is 1. The Morgan fingerprint density at radius 3 is 2.70 bits per heavy atom. The quantitative estimate of drug-likeness (QED) is 0.530. The van der Waals surface area contributed by atoms with Gasteiger partial charge in [0.25, 0.3) is 0 Å². The minimum Gasteiger partial charge on any atom is -0.783 e. The van der Waals surface area contributed by atoms with Crippen molar-refractivity contribution >= 4 is 0 Å². The van der Waals surface area contributed by atoms with E-state index in [2.05, 4.69) is 0 Å². The number of hydroxylamine groups is 2. The highest BCUT2D eigenvalue weighted by Gasteiger charge is 2.27. The molecule has 0 aromatic carbocycles. The molecule has 1 fully saturated rings. The number of rotatable bonds is 0. The van der Waals surface area contributed by atoms with Crippen LogP contribution in [-0.4, -0.2) is 23.6 Å². The standard InChI is InChI=1S/C6H13N2O2/c1-6(2)3-5(7)10-4-8(6)9/h5H,3-4,7H2,1-2H3/q-1. The molecule has 0 saturated carbocycles. The van der Waals surface area contributed by atoms with Gasteiger partial charge in [-0.1, -0.05) is 0 Å². The largest absolute Gasteiger partial charge is 0.783 e. The van der Waals surface area contributed by atoms with E-state index in [1.807, 2.05) is 13.8 Å². The van der Waals surface area contributed by atoms with Gasteiger partial charge in [-0.2, -0.15) is 0 Å². The summed E-state index contributed by atoms with van der Waals surface area (Å²) >= 11 is 0. The number of hydrogen-bond donors (Lipinski definition) is 1. The second kappa shape index (κ2) is 2.47. The summed E-state index contributed by atoms with van der Waals surface area (Å²) in [4.78, 5) is 0. The molecule has 1 aliphatic rings. The topological polar surface area (TPSA) is 61.5 Å². The van der Waals surface area contributed by atoms with Crippen LogP contribution in [0.15, 0.2) is 0 Å². The first-order valence-corrected chi connectivity index (χ1v) is 3.34.